The number of nitrogens with zero attached hydrogens (tertiary/aromatic N) is 1. The standard InChI is InChI=1S/C12H13BrF3NO/c13-10-5-9(8-17-3-1-2-4-17)6-11(7-10)18-12(14,15)16/h5-7H,1-4,8H2. The van der Waals surface area contributed by atoms with E-state index in [1.54, 1.807) is 0 Å². The molecule has 100 valence electrons. The molecule has 1 aromatic rings. The molecule has 0 aromatic heterocycles. The Morgan fingerprint density at radius 3 is 2.44 bits per heavy atom. The van der Waals surface area contributed by atoms with Gasteiger partial charge in [-0.15, -0.1) is 13.2 Å². The molecule has 0 bridgehead atoms. The highest BCUT2D eigenvalue weighted by Gasteiger charge is 2.31. The SMILES string of the molecule is FC(F)(F)Oc1cc(Br)cc(CN2CCCC2)c1. The molecule has 1 aliphatic heterocycles. The topological polar surface area (TPSA) is 12.5 Å². The Kier molecular flexibility index (Phi) is 4.17. The molecule has 0 unspecified atom stereocenters. The van der Waals surface area contributed by atoms with Crippen LogP contribution in [0.25, 0.3) is 0 Å². The fraction of sp³-hybridized carbons (Fsp3) is 0.500. The molecule has 1 saturated heterocycles. The van der Waals surface area contributed by atoms with Gasteiger partial charge in [0.1, 0.15) is 5.75 Å². The van der Waals surface area contributed by atoms with E-state index in [1.165, 1.54) is 12.1 Å². The summed E-state index contributed by atoms with van der Waals surface area (Å²) in [6.45, 7) is 2.66. The Morgan fingerprint density at radius 2 is 1.83 bits per heavy atom. The van der Waals surface area contributed by atoms with E-state index in [0.29, 0.717) is 11.0 Å². The van der Waals surface area contributed by atoms with E-state index in [-0.39, 0.29) is 5.75 Å². The molecule has 2 rings (SSSR count). The molecule has 0 amide bonds. The largest absolute Gasteiger partial charge is 0.573 e. The van der Waals surface area contributed by atoms with Gasteiger partial charge in [-0.3, -0.25) is 4.90 Å². The molecule has 1 aromatic carbocycles. The maximum Gasteiger partial charge on any atom is 0.573 e. The second kappa shape index (κ2) is 5.48. The lowest BCUT2D eigenvalue weighted by Crippen LogP contribution is -2.19. The third-order valence-corrected chi connectivity index (χ3v) is 3.23. The van der Waals surface area contributed by atoms with Crippen molar-refractivity contribution in [1.82, 2.24) is 4.90 Å². The van der Waals surface area contributed by atoms with E-state index in [4.69, 9.17) is 0 Å². The van der Waals surface area contributed by atoms with Crippen LogP contribution in [-0.2, 0) is 6.54 Å². The number of alkyl halides is 3. The number of benzene rings is 1. The van der Waals surface area contributed by atoms with Crippen molar-refractivity contribution in [1.29, 1.82) is 0 Å². The molecule has 1 aliphatic rings. The van der Waals surface area contributed by atoms with Crippen LogP contribution in [0, 0.1) is 0 Å². The molecule has 0 spiro atoms. The van der Waals surface area contributed by atoms with Crippen LogP contribution in [0.5, 0.6) is 5.75 Å². The van der Waals surface area contributed by atoms with E-state index >= 15 is 0 Å². The Hall–Kier alpha value is -0.750. The quantitative estimate of drug-likeness (QED) is 0.835. The first kappa shape index (κ1) is 13.7. The molecule has 0 radical (unpaired) electrons. The minimum atomic E-state index is -4.65. The molecule has 1 fully saturated rings. The second-order valence-electron chi connectivity index (χ2n) is 4.33. The fourth-order valence-electron chi connectivity index (χ4n) is 2.10. The van der Waals surface area contributed by atoms with Crippen LogP contribution in [0.1, 0.15) is 18.4 Å². The van der Waals surface area contributed by atoms with Gasteiger partial charge in [0.25, 0.3) is 0 Å². The summed E-state index contributed by atoms with van der Waals surface area (Å²) >= 11 is 3.20. The van der Waals surface area contributed by atoms with Gasteiger partial charge in [-0.25, -0.2) is 0 Å². The van der Waals surface area contributed by atoms with Crippen LogP contribution < -0.4 is 4.74 Å². The van der Waals surface area contributed by atoms with Gasteiger partial charge in [-0.2, -0.15) is 0 Å². The number of likely N-dealkylation sites (tertiary alicyclic amines) is 1. The summed E-state index contributed by atoms with van der Waals surface area (Å²) in [7, 11) is 0. The van der Waals surface area contributed by atoms with Gasteiger partial charge in [0, 0.05) is 11.0 Å². The molecule has 0 saturated carbocycles. The minimum Gasteiger partial charge on any atom is -0.406 e. The first-order valence-electron chi connectivity index (χ1n) is 5.70. The zero-order valence-corrected chi connectivity index (χ0v) is 11.2. The van der Waals surface area contributed by atoms with Crippen molar-refractivity contribution < 1.29 is 17.9 Å². The second-order valence-corrected chi connectivity index (χ2v) is 5.24. The predicted octanol–water partition coefficient (Wildman–Crippen LogP) is 3.94. The summed E-state index contributed by atoms with van der Waals surface area (Å²) in [5.41, 5.74) is 0.825. The number of hydrogen-bond donors (Lipinski definition) is 0. The van der Waals surface area contributed by atoms with Crippen molar-refractivity contribution in [3.05, 3.63) is 28.2 Å². The predicted molar refractivity (Wildman–Crippen MR) is 65.3 cm³/mol. The Morgan fingerprint density at radius 1 is 1.17 bits per heavy atom. The normalized spacial score (nSPS) is 17.1. The van der Waals surface area contributed by atoms with Crippen LogP contribution in [0.3, 0.4) is 0 Å². The van der Waals surface area contributed by atoms with Crippen molar-refractivity contribution in [2.45, 2.75) is 25.7 Å². The lowest BCUT2D eigenvalue weighted by molar-refractivity contribution is -0.274. The third kappa shape index (κ3) is 4.17. The Balaban J connectivity index is 2.10. The van der Waals surface area contributed by atoms with Crippen molar-refractivity contribution >= 4 is 15.9 Å². The zero-order valence-electron chi connectivity index (χ0n) is 9.63. The molecule has 0 N–H and O–H groups in total. The molecule has 0 aliphatic carbocycles. The van der Waals surface area contributed by atoms with Crippen LogP contribution >= 0.6 is 15.9 Å². The first-order chi connectivity index (χ1) is 8.42. The summed E-state index contributed by atoms with van der Waals surface area (Å²) in [6.07, 6.45) is -2.34. The Bertz CT molecular complexity index is 416. The van der Waals surface area contributed by atoms with Crippen LogP contribution in [0.15, 0.2) is 22.7 Å². The smallest absolute Gasteiger partial charge is 0.406 e. The van der Waals surface area contributed by atoms with E-state index in [1.807, 2.05) is 6.07 Å². The highest BCUT2D eigenvalue weighted by molar-refractivity contribution is 9.10. The van der Waals surface area contributed by atoms with Gasteiger partial charge in [-0.05, 0) is 49.7 Å². The third-order valence-electron chi connectivity index (χ3n) is 2.77. The van der Waals surface area contributed by atoms with Crippen LogP contribution in [-0.4, -0.2) is 24.4 Å². The van der Waals surface area contributed by atoms with Crippen molar-refractivity contribution in [3.63, 3.8) is 0 Å². The first-order valence-corrected chi connectivity index (χ1v) is 6.49. The number of halogens is 4. The summed E-state index contributed by atoms with van der Waals surface area (Å²) in [5, 5.41) is 0. The van der Waals surface area contributed by atoms with Crippen molar-refractivity contribution in [2.75, 3.05) is 13.1 Å². The van der Waals surface area contributed by atoms with Gasteiger partial charge in [0.05, 0.1) is 0 Å². The molecule has 18 heavy (non-hydrogen) atoms. The molecule has 0 atom stereocenters. The molecular formula is C12H13BrF3NO. The maximum atomic E-state index is 12.2. The lowest BCUT2D eigenvalue weighted by Gasteiger charge is -2.16. The van der Waals surface area contributed by atoms with Gasteiger partial charge >= 0.3 is 6.36 Å². The van der Waals surface area contributed by atoms with E-state index < -0.39 is 6.36 Å². The average Bonchev–Trinajstić information content (AvgIpc) is 2.66. The van der Waals surface area contributed by atoms with Crippen molar-refractivity contribution in [3.8, 4) is 5.75 Å². The van der Waals surface area contributed by atoms with E-state index in [0.717, 1.165) is 31.5 Å². The zero-order chi connectivity index (χ0) is 13.2. The Labute approximate surface area is 112 Å². The highest BCUT2D eigenvalue weighted by Crippen LogP contribution is 2.28. The highest BCUT2D eigenvalue weighted by atomic mass is 79.9. The monoisotopic (exact) mass is 323 g/mol. The molecular weight excluding hydrogens is 311 g/mol. The summed E-state index contributed by atoms with van der Waals surface area (Å²) < 4.78 is 41.0. The summed E-state index contributed by atoms with van der Waals surface area (Å²) in [6, 6.07) is 4.58. The maximum absolute atomic E-state index is 12.2. The average molecular weight is 324 g/mol. The molecule has 1 heterocycles. The van der Waals surface area contributed by atoms with Crippen LogP contribution in [0.4, 0.5) is 13.2 Å². The lowest BCUT2D eigenvalue weighted by atomic mass is 10.2. The molecule has 2 nitrogen and oxygen atoms in total. The number of hydrogen-bond acceptors (Lipinski definition) is 2. The van der Waals surface area contributed by atoms with Gasteiger partial charge < -0.3 is 4.74 Å². The minimum absolute atomic E-state index is 0.175. The van der Waals surface area contributed by atoms with Gasteiger partial charge in [-0.1, -0.05) is 15.9 Å². The van der Waals surface area contributed by atoms with E-state index in [2.05, 4.69) is 25.6 Å². The molecule has 6 heteroatoms. The van der Waals surface area contributed by atoms with Gasteiger partial charge in [0.2, 0.25) is 0 Å². The summed E-state index contributed by atoms with van der Waals surface area (Å²) in [5.74, 6) is -0.175. The van der Waals surface area contributed by atoms with Crippen molar-refractivity contribution in [2.24, 2.45) is 0 Å². The van der Waals surface area contributed by atoms with Gasteiger partial charge in [0.15, 0.2) is 0 Å². The van der Waals surface area contributed by atoms with E-state index in [9.17, 15) is 13.2 Å². The number of rotatable bonds is 3. The number of ether oxygens (including phenoxy) is 1. The summed E-state index contributed by atoms with van der Waals surface area (Å²) in [4.78, 5) is 2.22. The fourth-order valence-corrected chi connectivity index (χ4v) is 2.62. The van der Waals surface area contributed by atoms with Crippen LogP contribution in [0.2, 0.25) is 0 Å².